The summed E-state index contributed by atoms with van der Waals surface area (Å²) in [4.78, 5) is 20.1. The van der Waals surface area contributed by atoms with E-state index in [-0.39, 0.29) is 5.12 Å². The van der Waals surface area contributed by atoms with Crippen molar-refractivity contribution in [2.24, 2.45) is 0 Å². The van der Waals surface area contributed by atoms with E-state index in [0.717, 1.165) is 27.6 Å². The molecule has 0 saturated heterocycles. The van der Waals surface area contributed by atoms with Crippen LogP contribution in [0.3, 0.4) is 0 Å². The van der Waals surface area contributed by atoms with E-state index in [1.54, 1.807) is 0 Å². The van der Waals surface area contributed by atoms with Gasteiger partial charge in [-0.1, -0.05) is 18.2 Å². The molecule has 18 heavy (non-hydrogen) atoms. The molecule has 0 saturated carbocycles. The van der Waals surface area contributed by atoms with Crippen molar-refractivity contribution >= 4 is 39.8 Å². The highest BCUT2D eigenvalue weighted by Crippen LogP contribution is 2.17. The van der Waals surface area contributed by atoms with Gasteiger partial charge in [-0.3, -0.25) is 4.79 Å². The Morgan fingerprint density at radius 1 is 0.944 bits per heavy atom. The molecule has 0 amide bonds. The Morgan fingerprint density at radius 3 is 2.22 bits per heavy atom. The molecule has 1 heterocycles. The molecule has 3 nitrogen and oxygen atoms in total. The Morgan fingerprint density at radius 2 is 1.56 bits per heavy atom. The van der Waals surface area contributed by atoms with Gasteiger partial charge in [0, 0.05) is 6.42 Å². The Kier molecular flexibility index (Phi) is 2.72. The van der Waals surface area contributed by atoms with Gasteiger partial charge in [-0.25, -0.2) is 9.97 Å². The number of aromatic nitrogens is 2. The maximum absolute atomic E-state index is 11.0. The summed E-state index contributed by atoms with van der Waals surface area (Å²) in [6.45, 7) is 0. The molecule has 0 unspecified atom stereocenters. The summed E-state index contributed by atoms with van der Waals surface area (Å²) < 4.78 is 0. The molecule has 3 rings (SSSR count). The van der Waals surface area contributed by atoms with Gasteiger partial charge < -0.3 is 0 Å². The van der Waals surface area contributed by atoms with Crippen molar-refractivity contribution < 1.29 is 4.79 Å². The van der Waals surface area contributed by atoms with Crippen LogP contribution >= 0.6 is 12.6 Å². The highest BCUT2D eigenvalue weighted by Gasteiger charge is 2.04. The van der Waals surface area contributed by atoms with Crippen molar-refractivity contribution in [3.63, 3.8) is 0 Å². The molecule has 3 aromatic rings. The van der Waals surface area contributed by atoms with Crippen LogP contribution < -0.4 is 0 Å². The van der Waals surface area contributed by atoms with E-state index in [4.69, 9.17) is 0 Å². The fraction of sp³-hybridized carbons (Fsp3) is 0.0714. The molecule has 88 valence electrons. The number of benzene rings is 2. The van der Waals surface area contributed by atoms with E-state index >= 15 is 0 Å². The number of fused-ring (bicyclic) bond motifs is 2. The van der Waals surface area contributed by atoms with Crippen molar-refractivity contribution in [2.45, 2.75) is 6.42 Å². The molecule has 0 aliphatic heterocycles. The van der Waals surface area contributed by atoms with Crippen LogP contribution in [0.2, 0.25) is 0 Å². The molecule has 0 radical (unpaired) electrons. The van der Waals surface area contributed by atoms with Crippen molar-refractivity contribution in [1.29, 1.82) is 0 Å². The Bertz CT molecular complexity index is 755. The lowest BCUT2D eigenvalue weighted by molar-refractivity contribution is -0.110. The van der Waals surface area contributed by atoms with Gasteiger partial charge in [0.25, 0.3) is 0 Å². The number of carbonyl (C=O) groups excluding carboxylic acids is 1. The van der Waals surface area contributed by atoms with Gasteiger partial charge in [0.15, 0.2) is 5.12 Å². The van der Waals surface area contributed by atoms with Crippen LogP contribution in [-0.4, -0.2) is 15.1 Å². The molecule has 4 heteroatoms. The number of nitrogens with zero attached hydrogens (tertiary/aromatic N) is 2. The SMILES string of the molecule is O=C(S)Cc1ccc2nc3ccccc3nc2c1. The third-order valence-electron chi connectivity index (χ3n) is 2.76. The van der Waals surface area contributed by atoms with Crippen molar-refractivity contribution in [3.8, 4) is 0 Å². The molecule has 1 aromatic heterocycles. The second-order valence-electron chi connectivity index (χ2n) is 4.11. The minimum atomic E-state index is -0.150. The molecular formula is C14H10N2OS. The first-order valence-electron chi connectivity index (χ1n) is 5.59. The molecule has 0 atom stereocenters. The first-order chi connectivity index (χ1) is 8.72. The highest BCUT2D eigenvalue weighted by molar-refractivity contribution is 7.96. The smallest absolute Gasteiger partial charge is 0.190 e. The van der Waals surface area contributed by atoms with E-state index in [0.29, 0.717) is 6.42 Å². The van der Waals surface area contributed by atoms with Crippen molar-refractivity contribution in [1.82, 2.24) is 9.97 Å². The van der Waals surface area contributed by atoms with E-state index in [2.05, 4.69) is 22.6 Å². The monoisotopic (exact) mass is 254 g/mol. The first kappa shape index (κ1) is 11.2. The molecular weight excluding hydrogens is 244 g/mol. The predicted octanol–water partition coefficient (Wildman–Crippen LogP) is 2.78. The maximum Gasteiger partial charge on any atom is 0.190 e. The minimum Gasteiger partial charge on any atom is -0.287 e. The van der Waals surface area contributed by atoms with E-state index < -0.39 is 0 Å². The lowest BCUT2D eigenvalue weighted by Crippen LogP contribution is -1.95. The Labute approximate surface area is 109 Å². The predicted molar refractivity (Wildman–Crippen MR) is 74.7 cm³/mol. The average Bonchev–Trinajstić information content (AvgIpc) is 2.35. The van der Waals surface area contributed by atoms with Crippen LogP contribution in [0, 0.1) is 0 Å². The lowest BCUT2D eigenvalue weighted by atomic mass is 10.1. The zero-order valence-corrected chi connectivity index (χ0v) is 10.4. The second-order valence-corrected chi connectivity index (χ2v) is 4.60. The summed E-state index contributed by atoms with van der Waals surface area (Å²) >= 11 is 3.79. The summed E-state index contributed by atoms with van der Waals surface area (Å²) in [6, 6.07) is 13.4. The fourth-order valence-corrected chi connectivity index (χ4v) is 2.13. The Hall–Kier alpha value is -1.94. The van der Waals surface area contributed by atoms with E-state index in [9.17, 15) is 4.79 Å². The van der Waals surface area contributed by atoms with Gasteiger partial charge in [0.1, 0.15) is 0 Å². The van der Waals surface area contributed by atoms with Gasteiger partial charge >= 0.3 is 0 Å². The van der Waals surface area contributed by atoms with E-state index in [1.807, 2.05) is 42.5 Å². The van der Waals surface area contributed by atoms with Crippen LogP contribution in [0.25, 0.3) is 22.1 Å². The average molecular weight is 254 g/mol. The minimum absolute atomic E-state index is 0.150. The topological polar surface area (TPSA) is 42.9 Å². The Balaban J connectivity index is 2.20. The molecule has 0 aliphatic carbocycles. The fourth-order valence-electron chi connectivity index (χ4n) is 1.95. The molecule has 0 bridgehead atoms. The summed E-state index contributed by atoms with van der Waals surface area (Å²) in [5.41, 5.74) is 4.29. The van der Waals surface area contributed by atoms with Gasteiger partial charge in [-0.2, -0.15) is 0 Å². The number of hydrogen-bond donors (Lipinski definition) is 1. The molecule has 0 aliphatic rings. The van der Waals surface area contributed by atoms with Crippen LogP contribution in [-0.2, 0) is 11.2 Å². The standard InChI is InChI=1S/C14H10N2OS/c17-14(18)8-9-5-6-12-13(7-9)16-11-4-2-1-3-10(11)15-12/h1-7H,8H2,(H,17,18). The van der Waals surface area contributed by atoms with Gasteiger partial charge in [0.05, 0.1) is 22.1 Å². The summed E-state index contributed by atoms with van der Waals surface area (Å²) in [5.74, 6) is 0. The van der Waals surface area contributed by atoms with Crippen LogP contribution in [0.4, 0.5) is 0 Å². The molecule has 0 spiro atoms. The normalized spacial score (nSPS) is 10.9. The third-order valence-corrected chi connectivity index (χ3v) is 2.92. The van der Waals surface area contributed by atoms with Crippen LogP contribution in [0.5, 0.6) is 0 Å². The van der Waals surface area contributed by atoms with E-state index in [1.165, 1.54) is 0 Å². The highest BCUT2D eigenvalue weighted by atomic mass is 32.1. The van der Waals surface area contributed by atoms with Crippen molar-refractivity contribution in [2.75, 3.05) is 0 Å². The zero-order valence-electron chi connectivity index (χ0n) is 9.50. The molecule has 2 aromatic carbocycles. The number of hydrogen-bond acceptors (Lipinski definition) is 3. The quantitative estimate of drug-likeness (QED) is 0.565. The summed E-state index contributed by atoms with van der Waals surface area (Å²) in [6.07, 6.45) is 0.313. The van der Waals surface area contributed by atoms with Crippen molar-refractivity contribution in [3.05, 3.63) is 48.0 Å². The summed E-state index contributed by atoms with van der Waals surface area (Å²) in [5, 5.41) is -0.150. The lowest BCUT2D eigenvalue weighted by Gasteiger charge is -2.02. The molecule has 0 fully saturated rings. The molecule has 0 N–H and O–H groups in total. The number of rotatable bonds is 2. The largest absolute Gasteiger partial charge is 0.287 e. The second kappa shape index (κ2) is 4.38. The number of carbonyl (C=O) groups is 1. The third kappa shape index (κ3) is 2.07. The van der Waals surface area contributed by atoms with Crippen LogP contribution in [0.1, 0.15) is 5.56 Å². The number of thiol groups is 1. The number of para-hydroxylation sites is 2. The van der Waals surface area contributed by atoms with Gasteiger partial charge in [0.2, 0.25) is 0 Å². The summed E-state index contributed by atoms with van der Waals surface area (Å²) in [7, 11) is 0. The zero-order chi connectivity index (χ0) is 12.5. The first-order valence-corrected chi connectivity index (χ1v) is 6.04. The maximum atomic E-state index is 11.0. The van der Waals surface area contributed by atoms with Crippen LogP contribution in [0.15, 0.2) is 42.5 Å². The van der Waals surface area contributed by atoms with Gasteiger partial charge in [-0.05, 0) is 29.8 Å². The van der Waals surface area contributed by atoms with Gasteiger partial charge in [-0.15, -0.1) is 12.6 Å².